The minimum Gasteiger partial charge on any atom is -0.465 e. The Labute approximate surface area is 175 Å². The van der Waals surface area contributed by atoms with Crippen LogP contribution in [0.15, 0.2) is 64.1 Å². The van der Waals surface area contributed by atoms with Crippen molar-refractivity contribution in [3.8, 4) is 0 Å². The van der Waals surface area contributed by atoms with Crippen LogP contribution < -0.4 is 5.32 Å². The average Bonchev–Trinajstić information content (AvgIpc) is 3.09. The van der Waals surface area contributed by atoms with Crippen LogP contribution >= 0.6 is 27.7 Å². The summed E-state index contributed by atoms with van der Waals surface area (Å²) >= 11 is 4.96. The highest BCUT2D eigenvalue weighted by molar-refractivity contribution is 9.10. The highest BCUT2D eigenvalue weighted by Gasteiger charge is 2.51. The van der Waals surface area contributed by atoms with E-state index in [9.17, 15) is 14.7 Å². The molecule has 2 aliphatic rings. The zero-order valence-corrected chi connectivity index (χ0v) is 17.2. The van der Waals surface area contributed by atoms with Gasteiger partial charge in [-0.15, -0.1) is 0 Å². The van der Waals surface area contributed by atoms with E-state index in [-0.39, 0.29) is 18.4 Å². The van der Waals surface area contributed by atoms with Crippen molar-refractivity contribution in [2.45, 2.75) is 5.54 Å². The summed E-state index contributed by atoms with van der Waals surface area (Å²) in [5.41, 5.74) is 0.803. The maximum atomic E-state index is 12.6. The van der Waals surface area contributed by atoms with E-state index in [0.29, 0.717) is 23.0 Å². The number of hydrogen-bond acceptors (Lipinski definition) is 4. The summed E-state index contributed by atoms with van der Waals surface area (Å²) in [7, 11) is 0. The van der Waals surface area contributed by atoms with Crippen molar-refractivity contribution in [2.75, 3.05) is 18.8 Å². The number of rotatable bonds is 2. The summed E-state index contributed by atoms with van der Waals surface area (Å²) < 4.78 is 0.912. The van der Waals surface area contributed by atoms with Gasteiger partial charge in [-0.3, -0.25) is 4.79 Å². The van der Waals surface area contributed by atoms with Gasteiger partial charge < -0.3 is 15.3 Å². The van der Waals surface area contributed by atoms with Crippen molar-refractivity contribution in [3.63, 3.8) is 0 Å². The Balaban J connectivity index is 1.70. The first kappa shape index (κ1) is 19.0. The molecule has 1 saturated heterocycles. The second-order valence-corrected chi connectivity index (χ2v) is 8.77. The summed E-state index contributed by atoms with van der Waals surface area (Å²) in [6, 6.07) is 16.8. The second kappa shape index (κ2) is 7.60. The van der Waals surface area contributed by atoms with Crippen LogP contribution in [0, 0.1) is 5.92 Å². The van der Waals surface area contributed by atoms with Gasteiger partial charge in [0.25, 0.3) is 5.91 Å². The number of benzene rings is 2. The molecule has 6 nitrogen and oxygen atoms in total. The molecule has 2 aliphatic heterocycles. The number of likely N-dealkylation sites (tertiary alicyclic amines) is 1. The maximum absolute atomic E-state index is 12.6. The van der Waals surface area contributed by atoms with Gasteiger partial charge in [0, 0.05) is 28.3 Å². The van der Waals surface area contributed by atoms with E-state index in [1.165, 1.54) is 16.7 Å². The van der Waals surface area contributed by atoms with Crippen LogP contribution in [0.2, 0.25) is 0 Å². The van der Waals surface area contributed by atoms with Crippen LogP contribution in [0.5, 0.6) is 0 Å². The van der Waals surface area contributed by atoms with Gasteiger partial charge in [0.15, 0.2) is 5.17 Å². The molecule has 28 heavy (non-hydrogen) atoms. The minimum atomic E-state index is -0.946. The van der Waals surface area contributed by atoms with Gasteiger partial charge in [0.1, 0.15) is 5.54 Å². The first-order chi connectivity index (χ1) is 13.5. The van der Waals surface area contributed by atoms with E-state index < -0.39 is 11.6 Å². The van der Waals surface area contributed by atoms with Crippen LogP contribution in [-0.4, -0.2) is 46.0 Å². The predicted molar refractivity (Wildman–Crippen MR) is 113 cm³/mol. The zero-order valence-electron chi connectivity index (χ0n) is 14.8. The lowest BCUT2D eigenvalue weighted by molar-refractivity contribution is 0.0977. The third kappa shape index (κ3) is 3.54. The van der Waals surface area contributed by atoms with Crippen LogP contribution in [0.4, 0.5) is 4.79 Å². The number of nitrogens with zero attached hydrogens (tertiary/aromatic N) is 2. The number of aliphatic imine (C=N–C) groups is 1. The van der Waals surface area contributed by atoms with Gasteiger partial charge >= 0.3 is 6.09 Å². The van der Waals surface area contributed by atoms with Gasteiger partial charge in [-0.2, -0.15) is 0 Å². The van der Waals surface area contributed by atoms with Crippen LogP contribution in [0.3, 0.4) is 0 Å². The second-order valence-electron chi connectivity index (χ2n) is 6.84. The quantitative estimate of drug-likeness (QED) is 0.715. The van der Waals surface area contributed by atoms with Crippen molar-refractivity contribution in [1.29, 1.82) is 0 Å². The molecule has 0 radical (unpaired) electrons. The zero-order chi connectivity index (χ0) is 19.7. The topological polar surface area (TPSA) is 82.0 Å². The molecule has 2 N–H and O–H groups in total. The number of amides is 2. The van der Waals surface area contributed by atoms with Gasteiger partial charge in [-0.25, -0.2) is 9.79 Å². The van der Waals surface area contributed by atoms with Crippen molar-refractivity contribution >= 4 is 44.9 Å². The molecule has 0 bridgehead atoms. The van der Waals surface area contributed by atoms with E-state index in [0.717, 1.165) is 10.0 Å². The molecule has 0 aromatic heterocycles. The lowest BCUT2D eigenvalue weighted by Crippen LogP contribution is -2.42. The van der Waals surface area contributed by atoms with Crippen molar-refractivity contribution in [2.24, 2.45) is 10.9 Å². The third-order valence-electron chi connectivity index (χ3n) is 5.12. The SMILES string of the molecule is O=C(NC1=N[C@@]2(c3cccc(Br)c3)CN(C(=O)O)C[C@H]2CS1)c1ccccc1. The molecule has 2 aromatic rings. The number of thioether (sulfide) groups is 1. The molecule has 0 spiro atoms. The molecule has 2 heterocycles. The number of fused-ring (bicyclic) bond motifs is 1. The molecule has 144 valence electrons. The van der Waals surface area contributed by atoms with E-state index in [4.69, 9.17) is 4.99 Å². The first-order valence-electron chi connectivity index (χ1n) is 8.81. The summed E-state index contributed by atoms with van der Waals surface area (Å²) in [5.74, 6) is 0.507. The van der Waals surface area contributed by atoms with E-state index >= 15 is 0 Å². The largest absolute Gasteiger partial charge is 0.465 e. The summed E-state index contributed by atoms with van der Waals surface area (Å²) in [5, 5.41) is 13.0. The molecule has 8 heteroatoms. The van der Waals surface area contributed by atoms with Gasteiger partial charge in [-0.05, 0) is 29.8 Å². The number of carbonyl (C=O) groups is 2. The van der Waals surface area contributed by atoms with E-state index in [1.54, 1.807) is 12.1 Å². The van der Waals surface area contributed by atoms with Gasteiger partial charge in [0.2, 0.25) is 0 Å². The third-order valence-corrected chi connectivity index (χ3v) is 6.65. The summed E-state index contributed by atoms with van der Waals surface area (Å²) in [4.78, 5) is 30.5. The van der Waals surface area contributed by atoms with Crippen molar-refractivity contribution in [3.05, 3.63) is 70.2 Å². The Morgan fingerprint density at radius 2 is 2.00 bits per heavy atom. The number of nitrogens with one attached hydrogen (secondary N) is 1. The molecule has 2 aromatic carbocycles. The number of halogens is 1. The molecular formula is C20H18BrN3O3S. The standard InChI is InChI=1S/C20H18BrN3O3S/c21-16-8-4-7-14(9-16)20-12-24(19(26)27)10-15(20)11-28-18(23-20)22-17(25)13-5-2-1-3-6-13/h1-9,15H,10-12H2,(H,26,27)(H,22,23,25)/t15-,20+/m0/s1. The molecule has 1 fully saturated rings. The smallest absolute Gasteiger partial charge is 0.407 e. The Morgan fingerprint density at radius 1 is 1.21 bits per heavy atom. The Bertz CT molecular complexity index is 953. The fourth-order valence-corrected chi connectivity index (χ4v) is 5.26. The maximum Gasteiger partial charge on any atom is 0.407 e. The first-order valence-corrected chi connectivity index (χ1v) is 10.6. The number of hydrogen-bond donors (Lipinski definition) is 2. The fourth-order valence-electron chi connectivity index (χ4n) is 3.73. The predicted octanol–water partition coefficient (Wildman–Crippen LogP) is 3.79. The van der Waals surface area contributed by atoms with Gasteiger partial charge in [-0.1, -0.05) is 58.0 Å². The molecule has 0 aliphatic carbocycles. The minimum absolute atomic E-state index is 0.0419. The average molecular weight is 460 g/mol. The Hall–Kier alpha value is -2.32. The molecule has 2 amide bonds. The highest BCUT2D eigenvalue weighted by Crippen LogP contribution is 2.46. The molecule has 0 unspecified atom stereocenters. The highest BCUT2D eigenvalue weighted by atomic mass is 79.9. The Kier molecular flexibility index (Phi) is 5.16. The van der Waals surface area contributed by atoms with Crippen LogP contribution in [0.1, 0.15) is 15.9 Å². The summed E-state index contributed by atoms with van der Waals surface area (Å²) in [6.07, 6.45) is -0.946. The number of amidine groups is 1. The summed E-state index contributed by atoms with van der Waals surface area (Å²) in [6.45, 7) is 0.701. The molecular weight excluding hydrogens is 442 g/mol. The molecule has 2 atom stereocenters. The van der Waals surface area contributed by atoms with Crippen LogP contribution in [0.25, 0.3) is 0 Å². The van der Waals surface area contributed by atoms with Crippen molar-refractivity contribution in [1.82, 2.24) is 10.2 Å². The van der Waals surface area contributed by atoms with Crippen LogP contribution in [-0.2, 0) is 5.54 Å². The van der Waals surface area contributed by atoms with Crippen molar-refractivity contribution < 1.29 is 14.7 Å². The lowest BCUT2D eigenvalue weighted by atomic mass is 9.82. The lowest BCUT2D eigenvalue weighted by Gasteiger charge is -2.35. The van der Waals surface area contributed by atoms with Gasteiger partial charge in [0.05, 0.1) is 6.54 Å². The molecule has 4 rings (SSSR count). The van der Waals surface area contributed by atoms with E-state index in [1.807, 2.05) is 42.5 Å². The number of carbonyl (C=O) groups excluding carboxylic acids is 1. The monoisotopic (exact) mass is 459 g/mol. The molecule has 0 saturated carbocycles. The Morgan fingerprint density at radius 3 is 2.71 bits per heavy atom. The fraction of sp³-hybridized carbons (Fsp3) is 0.250. The normalized spacial score (nSPS) is 23.7. The number of carboxylic acid groups (broad SMARTS) is 1. The van der Waals surface area contributed by atoms with E-state index in [2.05, 4.69) is 21.2 Å².